The average Bonchev–Trinajstić information content (AvgIpc) is 2.80. The Morgan fingerprint density at radius 1 is 1.24 bits per heavy atom. The van der Waals surface area contributed by atoms with E-state index in [9.17, 15) is 0 Å². The summed E-state index contributed by atoms with van der Waals surface area (Å²) in [4.78, 5) is 0. The highest BCUT2D eigenvalue weighted by Crippen LogP contribution is 2.30. The first-order valence-corrected chi connectivity index (χ1v) is 5.86. The summed E-state index contributed by atoms with van der Waals surface area (Å²) in [6.07, 6.45) is 0. The predicted octanol–water partition coefficient (Wildman–Crippen LogP) is 3.71. The first kappa shape index (κ1) is 12.0. The number of rotatable bonds is 3. The SMILES string of the molecule is COc1cc(C)c(-c2cc(CCl)no2)cc1C. The highest BCUT2D eigenvalue weighted by Gasteiger charge is 2.11. The van der Waals surface area contributed by atoms with Crippen molar-refractivity contribution >= 4 is 11.6 Å². The summed E-state index contributed by atoms with van der Waals surface area (Å²) in [6.45, 7) is 4.01. The van der Waals surface area contributed by atoms with Crippen LogP contribution in [0, 0.1) is 13.8 Å². The van der Waals surface area contributed by atoms with Crippen LogP contribution < -0.4 is 4.74 Å². The van der Waals surface area contributed by atoms with Crippen LogP contribution in [0.15, 0.2) is 22.7 Å². The number of hydrogen-bond donors (Lipinski definition) is 0. The topological polar surface area (TPSA) is 35.3 Å². The summed E-state index contributed by atoms with van der Waals surface area (Å²) in [7, 11) is 1.67. The largest absolute Gasteiger partial charge is 0.496 e. The van der Waals surface area contributed by atoms with Crippen molar-refractivity contribution in [2.45, 2.75) is 19.7 Å². The standard InChI is InChI=1S/C13H14ClNO2/c1-8-5-12(16-3)9(2)4-11(8)13-6-10(7-14)15-17-13/h4-6H,7H2,1-3H3. The molecular weight excluding hydrogens is 238 g/mol. The number of alkyl halides is 1. The molecule has 1 heterocycles. The molecule has 0 fully saturated rings. The molecule has 0 N–H and O–H groups in total. The van der Waals surface area contributed by atoms with Gasteiger partial charge >= 0.3 is 0 Å². The maximum atomic E-state index is 5.70. The number of methoxy groups -OCH3 is 1. The van der Waals surface area contributed by atoms with Crippen LogP contribution in [0.5, 0.6) is 5.75 Å². The van der Waals surface area contributed by atoms with Gasteiger partial charge < -0.3 is 9.26 Å². The number of halogens is 1. The highest BCUT2D eigenvalue weighted by molar-refractivity contribution is 6.16. The lowest BCUT2D eigenvalue weighted by molar-refractivity contribution is 0.410. The van der Waals surface area contributed by atoms with E-state index < -0.39 is 0 Å². The first-order chi connectivity index (χ1) is 8.15. The third-order valence-corrected chi connectivity index (χ3v) is 2.98. The van der Waals surface area contributed by atoms with Gasteiger partial charge in [0.2, 0.25) is 0 Å². The van der Waals surface area contributed by atoms with Crippen molar-refractivity contribution < 1.29 is 9.26 Å². The van der Waals surface area contributed by atoms with Crippen LogP contribution in [0.1, 0.15) is 16.8 Å². The zero-order valence-corrected chi connectivity index (χ0v) is 10.8. The minimum Gasteiger partial charge on any atom is -0.496 e. The van der Waals surface area contributed by atoms with E-state index in [0.29, 0.717) is 5.88 Å². The molecule has 0 unspecified atom stereocenters. The van der Waals surface area contributed by atoms with E-state index in [1.165, 1.54) is 0 Å². The minimum absolute atomic E-state index is 0.359. The van der Waals surface area contributed by atoms with Gasteiger partial charge in [-0.2, -0.15) is 0 Å². The zero-order chi connectivity index (χ0) is 12.4. The third kappa shape index (κ3) is 2.29. The number of aryl methyl sites for hydroxylation is 2. The highest BCUT2D eigenvalue weighted by atomic mass is 35.5. The fraction of sp³-hybridized carbons (Fsp3) is 0.308. The summed E-state index contributed by atoms with van der Waals surface area (Å²) in [5.41, 5.74) is 3.92. The van der Waals surface area contributed by atoms with E-state index in [2.05, 4.69) is 5.16 Å². The Kier molecular flexibility index (Phi) is 3.38. The lowest BCUT2D eigenvalue weighted by Crippen LogP contribution is -1.90. The number of ether oxygens (including phenoxy) is 1. The van der Waals surface area contributed by atoms with Crippen molar-refractivity contribution in [1.82, 2.24) is 5.16 Å². The molecule has 0 saturated carbocycles. The molecule has 0 bridgehead atoms. The first-order valence-electron chi connectivity index (χ1n) is 5.33. The van der Waals surface area contributed by atoms with Gasteiger partial charge in [-0.3, -0.25) is 0 Å². The molecule has 17 heavy (non-hydrogen) atoms. The Morgan fingerprint density at radius 3 is 2.59 bits per heavy atom. The molecule has 0 saturated heterocycles. The Balaban J connectivity index is 2.48. The molecule has 1 aromatic carbocycles. The molecule has 90 valence electrons. The van der Waals surface area contributed by atoms with Gasteiger partial charge in [-0.05, 0) is 37.1 Å². The number of nitrogens with zero attached hydrogens (tertiary/aromatic N) is 1. The Labute approximate surface area is 105 Å². The molecule has 4 heteroatoms. The van der Waals surface area contributed by atoms with Gasteiger partial charge in [0.25, 0.3) is 0 Å². The van der Waals surface area contributed by atoms with E-state index in [-0.39, 0.29) is 0 Å². The molecule has 0 atom stereocenters. The molecule has 3 nitrogen and oxygen atoms in total. The Hall–Kier alpha value is -1.48. The van der Waals surface area contributed by atoms with Crippen molar-refractivity contribution in [1.29, 1.82) is 0 Å². The average molecular weight is 252 g/mol. The number of aromatic nitrogens is 1. The van der Waals surface area contributed by atoms with Gasteiger partial charge in [0.05, 0.1) is 18.7 Å². The van der Waals surface area contributed by atoms with E-state index in [0.717, 1.165) is 33.9 Å². The van der Waals surface area contributed by atoms with Crippen molar-refractivity contribution in [2.24, 2.45) is 0 Å². The maximum Gasteiger partial charge on any atom is 0.167 e. The minimum atomic E-state index is 0.359. The van der Waals surface area contributed by atoms with E-state index in [1.807, 2.05) is 32.0 Å². The molecule has 0 spiro atoms. The van der Waals surface area contributed by atoms with Crippen molar-refractivity contribution in [3.05, 3.63) is 35.0 Å². The maximum absolute atomic E-state index is 5.70. The summed E-state index contributed by atoms with van der Waals surface area (Å²) in [5.74, 6) is 1.98. The molecule has 1 aromatic heterocycles. The van der Waals surface area contributed by atoms with E-state index in [1.54, 1.807) is 7.11 Å². The van der Waals surface area contributed by atoms with E-state index >= 15 is 0 Å². The second kappa shape index (κ2) is 4.80. The molecule has 0 amide bonds. The fourth-order valence-electron chi connectivity index (χ4n) is 1.78. The van der Waals surface area contributed by atoms with Crippen LogP contribution in [0.4, 0.5) is 0 Å². The summed E-state index contributed by atoms with van der Waals surface area (Å²) < 4.78 is 10.6. The van der Waals surface area contributed by atoms with Gasteiger partial charge in [-0.15, -0.1) is 11.6 Å². The summed E-state index contributed by atoms with van der Waals surface area (Å²) in [6, 6.07) is 5.89. The van der Waals surface area contributed by atoms with Gasteiger partial charge in [-0.1, -0.05) is 5.16 Å². The van der Waals surface area contributed by atoms with E-state index in [4.69, 9.17) is 20.9 Å². The molecular formula is C13H14ClNO2. The van der Waals surface area contributed by atoms with Crippen LogP contribution >= 0.6 is 11.6 Å². The second-order valence-corrected chi connectivity index (χ2v) is 4.22. The van der Waals surface area contributed by atoms with Crippen molar-refractivity contribution in [2.75, 3.05) is 7.11 Å². The Bertz CT molecular complexity index is 534. The molecule has 0 aliphatic heterocycles. The fourth-order valence-corrected chi connectivity index (χ4v) is 1.90. The van der Waals surface area contributed by atoms with Crippen molar-refractivity contribution in [3.8, 4) is 17.1 Å². The molecule has 2 rings (SSSR count). The van der Waals surface area contributed by atoms with Crippen LogP contribution in [-0.4, -0.2) is 12.3 Å². The smallest absolute Gasteiger partial charge is 0.167 e. The van der Waals surface area contributed by atoms with Gasteiger partial charge in [0.15, 0.2) is 5.76 Å². The molecule has 0 aliphatic rings. The molecule has 0 aliphatic carbocycles. The number of benzene rings is 1. The van der Waals surface area contributed by atoms with Crippen molar-refractivity contribution in [3.63, 3.8) is 0 Å². The lowest BCUT2D eigenvalue weighted by Gasteiger charge is -2.08. The normalized spacial score (nSPS) is 10.6. The van der Waals surface area contributed by atoms with Crippen LogP contribution in [0.3, 0.4) is 0 Å². The summed E-state index contributed by atoms with van der Waals surface area (Å²) in [5, 5.41) is 3.89. The summed E-state index contributed by atoms with van der Waals surface area (Å²) >= 11 is 5.70. The quantitative estimate of drug-likeness (QED) is 0.780. The second-order valence-electron chi connectivity index (χ2n) is 3.95. The van der Waals surface area contributed by atoms with Crippen LogP contribution in [0.25, 0.3) is 11.3 Å². The van der Waals surface area contributed by atoms with Gasteiger partial charge in [0.1, 0.15) is 5.75 Å². The zero-order valence-electron chi connectivity index (χ0n) is 10.1. The number of hydrogen-bond acceptors (Lipinski definition) is 3. The predicted molar refractivity (Wildman–Crippen MR) is 67.5 cm³/mol. The lowest BCUT2D eigenvalue weighted by atomic mass is 10.0. The van der Waals surface area contributed by atoms with Crippen LogP contribution in [-0.2, 0) is 5.88 Å². The third-order valence-electron chi connectivity index (χ3n) is 2.70. The Morgan fingerprint density at radius 2 is 2.00 bits per heavy atom. The molecule has 0 radical (unpaired) electrons. The monoisotopic (exact) mass is 251 g/mol. The van der Waals surface area contributed by atoms with Gasteiger partial charge in [-0.25, -0.2) is 0 Å². The van der Waals surface area contributed by atoms with Crippen LogP contribution in [0.2, 0.25) is 0 Å². The van der Waals surface area contributed by atoms with Gasteiger partial charge in [0, 0.05) is 11.6 Å². The molecule has 2 aromatic rings.